The second-order valence-corrected chi connectivity index (χ2v) is 8.97. The number of anilines is 4. The van der Waals surface area contributed by atoms with Crippen molar-refractivity contribution in [2.24, 2.45) is 0 Å². The minimum atomic E-state index is -0.327. The number of fused-ring (bicyclic) bond motifs is 1. The molecule has 0 aliphatic rings. The third-order valence-electron chi connectivity index (χ3n) is 5.65. The first-order chi connectivity index (χ1) is 17.8. The van der Waals surface area contributed by atoms with Crippen LogP contribution in [0.5, 0.6) is 5.75 Å². The molecule has 4 aromatic rings. The van der Waals surface area contributed by atoms with E-state index in [1.807, 2.05) is 32.1 Å². The summed E-state index contributed by atoms with van der Waals surface area (Å²) in [7, 11) is 7.54. The molecule has 0 fully saturated rings. The molecule has 2 N–H and O–H groups in total. The number of carbonyl (C=O) groups excluding carboxylic acids is 1. The van der Waals surface area contributed by atoms with Crippen LogP contribution in [0.15, 0.2) is 60.0 Å². The number of nitrogens with zero attached hydrogens (tertiary/aromatic N) is 5. The van der Waals surface area contributed by atoms with Crippen LogP contribution >= 0.6 is 11.6 Å². The van der Waals surface area contributed by atoms with Gasteiger partial charge in [-0.3, -0.25) is 4.79 Å². The van der Waals surface area contributed by atoms with Crippen LogP contribution in [0.2, 0.25) is 5.02 Å². The van der Waals surface area contributed by atoms with Gasteiger partial charge in [-0.05, 0) is 44.4 Å². The fraction of sp³-hybridized carbons (Fsp3) is 0.231. The molecule has 10 nitrogen and oxygen atoms in total. The molecule has 0 radical (unpaired) electrons. The molecule has 11 heteroatoms. The molecule has 1 amide bonds. The Morgan fingerprint density at radius 2 is 1.97 bits per heavy atom. The molecule has 4 rings (SSSR count). The van der Waals surface area contributed by atoms with Crippen LogP contribution in [-0.2, 0) is 4.79 Å². The molecule has 0 bridgehead atoms. The van der Waals surface area contributed by atoms with E-state index in [2.05, 4.69) is 37.1 Å². The minimum Gasteiger partial charge on any atom is -0.494 e. The van der Waals surface area contributed by atoms with Gasteiger partial charge >= 0.3 is 0 Å². The number of likely N-dealkylation sites (N-methyl/N-ethyl adjacent to an activating group) is 2. The average Bonchev–Trinajstić information content (AvgIpc) is 3.30. The second-order valence-electron chi connectivity index (χ2n) is 8.54. The minimum absolute atomic E-state index is 0.286. The molecular formula is C26H28ClN7O3. The van der Waals surface area contributed by atoms with Gasteiger partial charge in [0.25, 0.3) is 0 Å². The Morgan fingerprint density at radius 1 is 1.16 bits per heavy atom. The summed E-state index contributed by atoms with van der Waals surface area (Å²) < 4.78 is 11.3. The van der Waals surface area contributed by atoms with Crippen LogP contribution in [0.4, 0.5) is 23.0 Å². The van der Waals surface area contributed by atoms with Gasteiger partial charge in [0.2, 0.25) is 11.9 Å². The van der Waals surface area contributed by atoms with Crippen molar-refractivity contribution in [3.05, 3.63) is 60.6 Å². The number of methoxy groups -OCH3 is 1. The number of amides is 1. The maximum atomic E-state index is 12.2. The van der Waals surface area contributed by atoms with E-state index in [9.17, 15) is 4.79 Å². The number of nitrogens with one attached hydrogen (secondary N) is 2. The van der Waals surface area contributed by atoms with Crippen LogP contribution in [0.3, 0.4) is 0 Å². The van der Waals surface area contributed by atoms with Crippen molar-refractivity contribution < 1.29 is 13.9 Å². The molecule has 192 valence electrons. The topological polar surface area (TPSA) is 109 Å². The van der Waals surface area contributed by atoms with Crippen LogP contribution < -0.4 is 20.3 Å². The number of rotatable bonds is 10. The molecule has 0 saturated carbocycles. The summed E-state index contributed by atoms with van der Waals surface area (Å²) in [6.45, 7) is 5.12. The van der Waals surface area contributed by atoms with E-state index in [4.69, 9.17) is 20.8 Å². The normalized spacial score (nSPS) is 11.0. The molecule has 0 unspecified atom stereocenters. The Labute approximate surface area is 219 Å². The molecule has 2 aromatic heterocycles. The second kappa shape index (κ2) is 11.3. The molecular weight excluding hydrogens is 494 g/mol. The lowest BCUT2D eigenvalue weighted by molar-refractivity contribution is -0.111. The molecule has 0 spiro atoms. The van der Waals surface area contributed by atoms with Crippen LogP contribution in [0.25, 0.3) is 22.4 Å². The number of benzene rings is 2. The van der Waals surface area contributed by atoms with Crippen molar-refractivity contribution in [3.63, 3.8) is 0 Å². The number of halogens is 1. The summed E-state index contributed by atoms with van der Waals surface area (Å²) >= 11 is 6.18. The number of ether oxygens (including phenoxy) is 1. The lowest BCUT2D eigenvalue weighted by Gasteiger charge is -2.25. The van der Waals surface area contributed by atoms with Crippen molar-refractivity contribution in [2.75, 3.05) is 56.9 Å². The number of furan rings is 1. The molecule has 0 atom stereocenters. The first kappa shape index (κ1) is 25.9. The Kier molecular flexibility index (Phi) is 7.90. The van der Waals surface area contributed by atoms with Gasteiger partial charge in [0.05, 0.1) is 29.7 Å². The van der Waals surface area contributed by atoms with E-state index in [0.29, 0.717) is 39.1 Å². The Balaban J connectivity index is 1.70. The van der Waals surface area contributed by atoms with Gasteiger partial charge in [-0.15, -0.1) is 0 Å². The van der Waals surface area contributed by atoms with Gasteiger partial charge in [0.15, 0.2) is 5.82 Å². The molecule has 0 aliphatic heterocycles. The van der Waals surface area contributed by atoms with Gasteiger partial charge in [0.1, 0.15) is 23.9 Å². The average molecular weight is 522 g/mol. The van der Waals surface area contributed by atoms with Crippen LogP contribution in [0.1, 0.15) is 0 Å². The van der Waals surface area contributed by atoms with E-state index < -0.39 is 0 Å². The molecule has 37 heavy (non-hydrogen) atoms. The van der Waals surface area contributed by atoms with Crippen molar-refractivity contribution in [2.45, 2.75) is 0 Å². The third-order valence-corrected chi connectivity index (χ3v) is 5.88. The number of hydrogen-bond acceptors (Lipinski definition) is 9. The highest BCUT2D eigenvalue weighted by Gasteiger charge is 2.17. The van der Waals surface area contributed by atoms with Gasteiger partial charge in [-0.2, -0.15) is 4.98 Å². The van der Waals surface area contributed by atoms with Crippen molar-refractivity contribution in [1.29, 1.82) is 0 Å². The Bertz CT molecular complexity index is 1440. The van der Waals surface area contributed by atoms with Crippen molar-refractivity contribution in [1.82, 2.24) is 19.9 Å². The SMILES string of the molecule is C=CC(=O)Nc1cc(Nc2ncnc(-c3coc4ccc(Cl)cc34)n2)c(OC)cc1N(C)CCN(C)C. The van der Waals surface area contributed by atoms with Crippen molar-refractivity contribution >= 4 is 51.5 Å². The van der Waals surface area contributed by atoms with E-state index >= 15 is 0 Å². The quantitative estimate of drug-likeness (QED) is 0.284. The first-order valence-corrected chi connectivity index (χ1v) is 11.8. The third kappa shape index (κ3) is 5.99. The van der Waals surface area contributed by atoms with E-state index in [1.54, 1.807) is 37.6 Å². The fourth-order valence-corrected chi connectivity index (χ4v) is 3.86. The predicted molar refractivity (Wildman–Crippen MR) is 147 cm³/mol. The smallest absolute Gasteiger partial charge is 0.247 e. The Morgan fingerprint density at radius 3 is 2.70 bits per heavy atom. The fourth-order valence-electron chi connectivity index (χ4n) is 3.69. The number of aromatic nitrogens is 3. The molecule has 0 aliphatic carbocycles. The highest BCUT2D eigenvalue weighted by molar-refractivity contribution is 6.31. The van der Waals surface area contributed by atoms with Gasteiger partial charge in [-0.25, -0.2) is 9.97 Å². The predicted octanol–water partition coefficient (Wildman–Crippen LogP) is 4.81. The molecule has 2 aromatic carbocycles. The highest BCUT2D eigenvalue weighted by atomic mass is 35.5. The van der Waals surface area contributed by atoms with E-state index in [1.165, 1.54) is 12.4 Å². The maximum Gasteiger partial charge on any atom is 0.247 e. The largest absolute Gasteiger partial charge is 0.494 e. The summed E-state index contributed by atoms with van der Waals surface area (Å²) in [4.78, 5) is 29.5. The lowest BCUT2D eigenvalue weighted by Crippen LogP contribution is -2.29. The van der Waals surface area contributed by atoms with Gasteiger partial charge in [0, 0.05) is 36.6 Å². The summed E-state index contributed by atoms with van der Waals surface area (Å²) in [5, 5.41) is 7.44. The maximum absolute atomic E-state index is 12.2. The van der Waals surface area contributed by atoms with Crippen LogP contribution in [-0.4, -0.2) is 67.1 Å². The summed E-state index contributed by atoms with van der Waals surface area (Å²) in [5.74, 6) is 0.921. The first-order valence-electron chi connectivity index (χ1n) is 11.4. The summed E-state index contributed by atoms with van der Waals surface area (Å²) in [6, 6.07) is 8.98. The lowest BCUT2D eigenvalue weighted by atomic mass is 10.1. The van der Waals surface area contributed by atoms with Gasteiger partial charge < -0.3 is 29.6 Å². The Hall–Kier alpha value is -4.15. The molecule has 0 saturated heterocycles. The standard InChI is InChI=1S/C26H28ClN7O3/c1-6-24(35)30-19-12-20(23(36-5)13-21(19)34(4)10-9-33(2)3)31-26-29-15-28-25(32-26)18-14-37-22-8-7-16(27)11-17(18)22/h6-8,11-15H,1,9-10H2,2-5H3,(H,30,35)(H,28,29,31,32). The molecule has 2 heterocycles. The zero-order chi connectivity index (χ0) is 26.5. The van der Waals surface area contributed by atoms with Crippen LogP contribution in [0, 0.1) is 0 Å². The number of hydrogen-bond donors (Lipinski definition) is 2. The summed E-state index contributed by atoms with van der Waals surface area (Å²) in [6.07, 6.45) is 4.22. The highest BCUT2D eigenvalue weighted by Crippen LogP contribution is 2.38. The van der Waals surface area contributed by atoms with E-state index in [0.717, 1.165) is 24.2 Å². The van der Waals surface area contributed by atoms with Gasteiger partial charge in [-0.1, -0.05) is 18.2 Å². The zero-order valence-electron chi connectivity index (χ0n) is 21.1. The van der Waals surface area contributed by atoms with Crippen molar-refractivity contribution in [3.8, 4) is 17.1 Å². The summed E-state index contributed by atoms with van der Waals surface area (Å²) in [5.41, 5.74) is 3.29. The van der Waals surface area contributed by atoms with E-state index in [-0.39, 0.29) is 11.9 Å². The zero-order valence-corrected chi connectivity index (χ0v) is 21.8. The number of carbonyl (C=O) groups is 1. The monoisotopic (exact) mass is 521 g/mol.